The molecule has 1 aromatic carbocycles. The lowest BCUT2D eigenvalue weighted by atomic mass is 10.1. The third-order valence-electron chi connectivity index (χ3n) is 3.95. The van der Waals surface area contributed by atoms with Gasteiger partial charge in [0.05, 0.1) is 18.2 Å². The Balaban J connectivity index is 1.57. The zero-order chi connectivity index (χ0) is 18.0. The molecule has 0 aliphatic carbocycles. The molecule has 0 saturated carbocycles. The Hall–Kier alpha value is -1.74. The van der Waals surface area contributed by atoms with Crippen LogP contribution >= 0.6 is 11.8 Å². The highest BCUT2D eigenvalue weighted by Gasteiger charge is 2.31. The van der Waals surface area contributed by atoms with Gasteiger partial charge in [0.25, 0.3) is 0 Å². The molecule has 0 radical (unpaired) electrons. The maximum absolute atomic E-state index is 12.8. The van der Waals surface area contributed by atoms with Gasteiger partial charge in [-0.2, -0.15) is 18.2 Å². The summed E-state index contributed by atoms with van der Waals surface area (Å²) in [4.78, 5) is 12.6. The lowest BCUT2D eigenvalue weighted by Crippen LogP contribution is -2.49. The Kier molecular flexibility index (Phi) is 5.24. The number of alkyl halides is 3. The minimum absolute atomic E-state index is 0.336. The first-order valence-electron chi connectivity index (χ1n) is 7.99. The van der Waals surface area contributed by atoms with Gasteiger partial charge in [-0.1, -0.05) is 6.07 Å². The number of rotatable bonds is 3. The standard InChI is InChI=1S/C16H19F3N4OS/c1-11(24)10-20-14-21-15(25-14)23-7-5-22(6-8-23)13-4-2-3-12(9-13)16(17,18)19/h2-4,9,11,24H,5-8,10H2,1H3/t11-/m0/s1. The summed E-state index contributed by atoms with van der Waals surface area (Å²) in [7, 11) is 0. The van der Waals surface area contributed by atoms with E-state index >= 15 is 0 Å². The molecule has 3 rings (SSSR count). The number of piperazine rings is 1. The van der Waals surface area contributed by atoms with Crippen molar-refractivity contribution in [2.45, 2.75) is 19.2 Å². The smallest absolute Gasteiger partial charge is 0.391 e. The van der Waals surface area contributed by atoms with E-state index < -0.39 is 17.8 Å². The molecule has 1 fully saturated rings. The van der Waals surface area contributed by atoms with Crippen LogP contribution in [-0.2, 0) is 6.18 Å². The normalized spacial score (nSPS) is 21.2. The molecule has 2 aliphatic rings. The highest BCUT2D eigenvalue weighted by atomic mass is 32.2. The molecule has 136 valence electrons. The van der Waals surface area contributed by atoms with Gasteiger partial charge in [-0.3, -0.25) is 4.99 Å². The summed E-state index contributed by atoms with van der Waals surface area (Å²) in [6, 6.07) is 5.45. The second kappa shape index (κ2) is 7.25. The quantitative estimate of drug-likeness (QED) is 0.886. The lowest BCUT2D eigenvalue weighted by Gasteiger charge is -2.39. The number of aliphatic imine (C=N–C) groups is 2. The second-order valence-electron chi connectivity index (χ2n) is 5.99. The topological polar surface area (TPSA) is 51.4 Å². The maximum Gasteiger partial charge on any atom is 0.416 e. The second-order valence-corrected chi connectivity index (χ2v) is 6.93. The largest absolute Gasteiger partial charge is 0.416 e. The van der Waals surface area contributed by atoms with E-state index in [0.29, 0.717) is 43.6 Å². The Morgan fingerprint density at radius 1 is 1.24 bits per heavy atom. The summed E-state index contributed by atoms with van der Waals surface area (Å²) in [5.41, 5.74) is -0.0258. The molecule has 0 aromatic heterocycles. The number of anilines is 1. The molecule has 25 heavy (non-hydrogen) atoms. The lowest BCUT2D eigenvalue weighted by molar-refractivity contribution is -0.137. The van der Waals surface area contributed by atoms with Crippen LogP contribution in [0.3, 0.4) is 0 Å². The Morgan fingerprint density at radius 2 is 1.88 bits per heavy atom. The minimum Gasteiger partial charge on any atom is -0.391 e. The van der Waals surface area contributed by atoms with Gasteiger partial charge in [0.2, 0.25) is 0 Å². The van der Waals surface area contributed by atoms with Gasteiger partial charge in [0, 0.05) is 31.9 Å². The number of benzene rings is 1. The SMILES string of the molecule is C[C@H](O)CN=C1N=C(N2CCN(c3cccc(C(F)(F)F)c3)CC2)S1. The van der Waals surface area contributed by atoms with Crippen molar-refractivity contribution >= 4 is 27.8 Å². The molecule has 0 amide bonds. The van der Waals surface area contributed by atoms with Crippen molar-refractivity contribution in [2.75, 3.05) is 37.6 Å². The number of nitrogens with zero attached hydrogens (tertiary/aromatic N) is 4. The minimum atomic E-state index is -4.32. The summed E-state index contributed by atoms with van der Waals surface area (Å²) in [6.07, 6.45) is -4.81. The van der Waals surface area contributed by atoms with Crippen molar-refractivity contribution in [3.63, 3.8) is 0 Å². The third-order valence-corrected chi connectivity index (χ3v) is 4.89. The average molecular weight is 372 g/mol. The predicted molar refractivity (Wildman–Crippen MR) is 94.2 cm³/mol. The molecule has 0 spiro atoms. The van der Waals surface area contributed by atoms with Crippen LogP contribution in [0.2, 0.25) is 0 Å². The Bertz CT molecular complexity index is 682. The van der Waals surface area contributed by atoms with E-state index in [4.69, 9.17) is 0 Å². The number of aliphatic hydroxyl groups is 1. The molecule has 1 aromatic rings. The maximum atomic E-state index is 12.8. The molecule has 1 N–H and O–H groups in total. The molecule has 0 unspecified atom stereocenters. The fourth-order valence-corrected chi connectivity index (χ4v) is 3.36. The monoisotopic (exact) mass is 372 g/mol. The van der Waals surface area contributed by atoms with Crippen molar-refractivity contribution in [3.8, 4) is 0 Å². The zero-order valence-corrected chi connectivity index (χ0v) is 14.5. The van der Waals surface area contributed by atoms with E-state index in [1.54, 1.807) is 13.0 Å². The molecule has 2 heterocycles. The first-order chi connectivity index (χ1) is 11.8. The molecular formula is C16H19F3N4OS. The van der Waals surface area contributed by atoms with Crippen molar-refractivity contribution in [2.24, 2.45) is 9.98 Å². The summed E-state index contributed by atoms with van der Waals surface area (Å²) < 4.78 is 38.5. The van der Waals surface area contributed by atoms with Crippen molar-refractivity contribution in [3.05, 3.63) is 29.8 Å². The molecule has 0 bridgehead atoms. The van der Waals surface area contributed by atoms with Crippen LogP contribution in [0.1, 0.15) is 12.5 Å². The van der Waals surface area contributed by atoms with Crippen molar-refractivity contribution < 1.29 is 18.3 Å². The van der Waals surface area contributed by atoms with E-state index in [0.717, 1.165) is 11.2 Å². The van der Waals surface area contributed by atoms with E-state index in [-0.39, 0.29) is 0 Å². The van der Waals surface area contributed by atoms with Crippen molar-refractivity contribution in [1.82, 2.24) is 4.90 Å². The third kappa shape index (κ3) is 4.46. The van der Waals surface area contributed by atoms with E-state index in [9.17, 15) is 18.3 Å². The molecule has 1 atom stereocenters. The van der Waals surface area contributed by atoms with Gasteiger partial charge >= 0.3 is 6.18 Å². The number of amidine groups is 2. The molecule has 9 heteroatoms. The van der Waals surface area contributed by atoms with Crippen LogP contribution in [0.4, 0.5) is 18.9 Å². The summed E-state index contributed by atoms with van der Waals surface area (Å²) >= 11 is 1.47. The summed E-state index contributed by atoms with van der Waals surface area (Å²) in [5, 5.41) is 10.7. The fraction of sp³-hybridized carbons (Fsp3) is 0.500. The summed E-state index contributed by atoms with van der Waals surface area (Å²) in [5.74, 6) is 0. The van der Waals surface area contributed by atoms with Gasteiger partial charge in [-0.05, 0) is 36.9 Å². The Morgan fingerprint density at radius 3 is 2.48 bits per heavy atom. The van der Waals surface area contributed by atoms with Crippen molar-refractivity contribution in [1.29, 1.82) is 0 Å². The first-order valence-corrected chi connectivity index (χ1v) is 8.81. The van der Waals surface area contributed by atoms with E-state index in [1.807, 2.05) is 4.90 Å². The molecule has 1 saturated heterocycles. The van der Waals surface area contributed by atoms with Gasteiger partial charge < -0.3 is 14.9 Å². The molecule has 5 nitrogen and oxygen atoms in total. The predicted octanol–water partition coefficient (Wildman–Crippen LogP) is 2.67. The number of thioether (sulfide) groups is 1. The van der Waals surface area contributed by atoms with Gasteiger partial charge in [0.1, 0.15) is 0 Å². The summed E-state index contributed by atoms with van der Waals surface area (Å²) in [6.45, 7) is 4.69. The number of hydrogen-bond donors (Lipinski definition) is 1. The first kappa shape index (κ1) is 18.1. The average Bonchev–Trinajstić information content (AvgIpc) is 2.53. The number of hydrogen-bond acceptors (Lipinski definition) is 5. The van der Waals surface area contributed by atoms with Crippen LogP contribution in [-0.4, -0.2) is 59.2 Å². The fourth-order valence-electron chi connectivity index (χ4n) is 2.62. The van der Waals surface area contributed by atoms with Gasteiger partial charge in [-0.25, -0.2) is 0 Å². The molecule has 2 aliphatic heterocycles. The van der Waals surface area contributed by atoms with Crippen LogP contribution in [0.5, 0.6) is 0 Å². The zero-order valence-electron chi connectivity index (χ0n) is 13.7. The van der Waals surface area contributed by atoms with Gasteiger partial charge in [0.15, 0.2) is 10.3 Å². The number of aliphatic hydroxyl groups excluding tert-OH is 1. The van der Waals surface area contributed by atoms with E-state index in [1.165, 1.54) is 23.9 Å². The van der Waals surface area contributed by atoms with E-state index in [2.05, 4.69) is 14.9 Å². The molecular weight excluding hydrogens is 353 g/mol. The van der Waals surface area contributed by atoms with Crippen LogP contribution < -0.4 is 4.90 Å². The van der Waals surface area contributed by atoms with Crippen LogP contribution in [0.25, 0.3) is 0 Å². The highest BCUT2D eigenvalue weighted by molar-refractivity contribution is 8.28. The van der Waals surface area contributed by atoms with Crippen LogP contribution in [0, 0.1) is 0 Å². The number of halogens is 3. The van der Waals surface area contributed by atoms with Crippen LogP contribution in [0.15, 0.2) is 34.3 Å². The highest BCUT2D eigenvalue weighted by Crippen LogP contribution is 2.32. The Labute approximate surface area is 148 Å². The van der Waals surface area contributed by atoms with Gasteiger partial charge in [-0.15, -0.1) is 0 Å².